The molecule has 4 rings (SSSR count). The number of ether oxygens (including phenoxy) is 1. The van der Waals surface area contributed by atoms with Gasteiger partial charge in [-0.05, 0) is 29.9 Å². The highest BCUT2D eigenvalue weighted by atomic mass is 16.5. The Morgan fingerprint density at radius 2 is 1.95 bits per heavy atom. The number of para-hydroxylation sites is 1. The molecule has 3 aliphatic heterocycles. The van der Waals surface area contributed by atoms with Crippen molar-refractivity contribution in [2.45, 2.75) is 6.42 Å². The van der Waals surface area contributed by atoms with Crippen LogP contribution in [0.1, 0.15) is 5.56 Å². The number of likely N-dealkylation sites (tertiary alicyclic amines) is 1. The molecule has 3 atom stereocenters. The summed E-state index contributed by atoms with van der Waals surface area (Å²) < 4.78 is 5.75. The van der Waals surface area contributed by atoms with Gasteiger partial charge in [0.05, 0.1) is 5.92 Å². The molecule has 4 heteroatoms. The van der Waals surface area contributed by atoms with E-state index in [1.807, 2.05) is 18.2 Å². The average molecular weight is 272 g/mol. The lowest BCUT2D eigenvalue weighted by Gasteiger charge is -2.28. The minimum atomic E-state index is -0.00307. The second-order valence-electron chi connectivity index (χ2n) is 6.24. The van der Waals surface area contributed by atoms with E-state index in [4.69, 9.17) is 4.74 Å². The monoisotopic (exact) mass is 272 g/mol. The first-order valence-corrected chi connectivity index (χ1v) is 7.51. The first kappa shape index (κ1) is 12.2. The molecule has 0 bridgehead atoms. The Morgan fingerprint density at radius 3 is 2.75 bits per heavy atom. The third-order valence-electron chi connectivity index (χ3n) is 4.93. The summed E-state index contributed by atoms with van der Waals surface area (Å²) in [4.78, 5) is 14.7. The van der Waals surface area contributed by atoms with Crippen molar-refractivity contribution < 1.29 is 9.53 Å². The number of rotatable bonds is 1. The molecule has 2 fully saturated rings. The molecule has 3 aliphatic rings. The van der Waals surface area contributed by atoms with Gasteiger partial charge in [-0.2, -0.15) is 0 Å². The molecule has 4 nitrogen and oxygen atoms in total. The number of benzene rings is 1. The van der Waals surface area contributed by atoms with E-state index < -0.39 is 0 Å². The van der Waals surface area contributed by atoms with E-state index in [1.165, 1.54) is 0 Å². The molecule has 1 N–H and O–H groups in total. The zero-order valence-corrected chi connectivity index (χ0v) is 11.5. The third kappa shape index (κ3) is 1.99. The lowest BCUT2D eigenvalue weighted by atomic mass is 9.95. The number of amides is 1. The van der Waals surface area contributed by atoms with Crippen LogP contribution in [0.5, 0.6) is 5.75 Å². The average Bonchev–Trinajstić information content (AvgIpc) is 3.07. The topological polar surface area (TPSA) is 41.6 Å². The summed E-state index contributed by atoms with van der Waals surface area (Å²) in [5.41, 5.74) is 1.16. The normalized spacial score (nSPS) is 31.6. The third-order valence-corrected chi connectivity index (χ3v) is 4.93. The Labute approximate surface area is 119 Å². The van der Waals surface area contributed by atoms with Gasteiger partial charge in [0, 0.05) is 26.2 Å². The molecule has 0 aliphatic carbocycles. The predicted octanol–water partition coefficient (Wildman–Crippen LogP) is 0.915. The van der Waals surface area contributed by atoms with E-state index in [1.54, 1.807) is 0 Å². The van der Waals surface area contributed by atoms with Gasteiger partial charge < -0.3 is 15.0 Å². The first-order chi connectivity index (χ1) is 9.81. The van der Waals surface area contributed by atoms with Gasteiger partial charge in [-0.3, -0.25) is 4.79 Å². The van der Waals surface area contributed by atoms with Crippen molar-refractivity contribution in [3.8, 4) is 5.75 Å². The quantitative estimate of drug-likeness (QED) is 0.826. The van der Waals surface area contributed by atoms with Crippen molar-refractivity contribution in [1.82, 2.24) is 10.2 Å². The van der Waals surface area contributed by atoms with Crippen molar-refractivity contribution in [2.24, 2.45) is 17.8 Å². The van der Waals surface area contributed by atoms with E-state index in [2.05, 4.69) is 16.3 Å². The van der Waals surface area contributed by atoms with Gasteiger partial charge >= 0.3 is 0 Å². The summed E-state index contributed by atoms with van der Waals surface area (Å²) in [5, 5.41) is 3.41. The lowest BCUT2D eigenvalue weighted by molar-refractivity contribution is -0.136. The zero-order valence-electron chi connectivity index (χ0n) is 11.5. The molecule has 0 spiro atoms. The van der Waals surface area contributed by atoms with Crippen molar-refractivity contribution in [3.05, 3.63) is 29.8 Å². The number of carbonyl (C=O) groups is 1. The number of hydrogen-bond donors (Lipinski definition) is 1. The van der Waals surface area contributed by atoms with Crippen molar-refractivity contribution in [3.63, 3.8) is 0 Å². The Morgan fingerprint density at radius 1 is 1.20 bits per heavy atom. The Hall–Kier alpha value is -1.55. The Kier molecular flexibility index (Phi) is 2.91. The predicted molar refractivity (Wildman–Crippen MR) is 75.6 cm³/mol. The minimum Gasteiger partial charge on any atom is -0.492 e. The summed E-state index contributed by atoms with van der Waals surface area (Å²) in [6.45, 7) is 4.51. The lowest BCUT2D eigenvalue weighted by Crippen LogP contribution is -2.40. The Balaban J connectivity index is 1.45. The van der Waals surface area contributed by atoms with Crippen LogP contribution in [0.2, 0.25) is 0 Å². The van der Waals surface area contributed by atoms with Gasteiger partial charge in [0.15, 0.2) is 0 Å². The summed E-state index contributed by atoms with van der Waals surface area (Å²) in [5.74, 6) is 2.55. The molecule has 1 aromatic rings. The molecule has 106 valence electrons. The van der Waals surface area contributed by atoms with Crippen LogP contribution < -0.4 is 10.1 Å². The highest BCUT2D eigenvalue weighted by Gasteiger charge is 2.40. The smallest absolute Gasteiger partial charge is 0.229 e. The van der Waals surface area contributed by atoms with Crippen molar-refractivity contribution in [2.75, 3.05) is 32.8 Å². The van der Waals surface area contributed by atoms with E-state index in [0.717, 1.165) is 43.9 Å². The van der Waals surface area contributed by atoms with Gasteiger partial charge in [0.25, 0.3) is 0 Å². The molecule has 1 unspecified atom stereocenters. The van der Waals surface area contributed by atoms with Crippen molar-refractivity contribution in [1.29, 1.82) is 0 Å². The molecule has 1 aromatic carbocycles. The molecule has 0 aromatic heterocycles. The second kappa shape index (κ2) is 4.77. The summed E-state index contributed by atoms with van der Waals surface area (Å²) in [6, 6.07) is 8.05. The second-order valence-corrected chi connectivity index (χ2v) is 6.24. The van der Waals surface area contributed by atoms with E-state index in [9.17, 15) is 4.79 Å². The number of hydrogen-bond acceptors (Lipinski definition) is 3. The van der Waals surface area contributed by atoms with Crippen LogP contribution in [-0.2, 0) is 11.2 Å². The van der Waals surface area contributed by atoms with E-state index >= 15 is 0 Å². The van der Waals surface area contributed by atoms with Gasteiger partial charge in [0.2, 0.25) is 5.91 Å². The summed E-state index contributed by atoms with van der Waals surface area (Å²) in [7, 11) is 0. The minimum absolute atomic E-state index is 0.00307. The standard InChI is InChI=1S/C16H20N2O2/c19-16(18-8-13-6-17-7-14(13)9-18)12-5-11-3-1-2-4-15(11)20-10-12/h1-4,12-14,17H,5-10H2/t12?,13-,14+. The van der Waals surface area contributed by atoms with Gasteiger partial charge in [-0.25, -0.2) is 0 Å². The number of nitrogens with zero attached hydrogens (tertiary/aromatic N) is 1. The van der Waals surface area contributed by atoms with Crippen LogP contribution in [0, 0.1) is 17.8 Å². The fraction of sp³-hybridized carbons (Fsp3) is 0.562. The molecule has 2 saturated heterocycles. The fourth-order valence-electron chi connectivity index (χ4n) is 3.78. The van der Waals surface area contributed by atoms with E-state index in [-0.39, 0.29) is 11.8 Å². The summed E-state index contributed by atoms with van der Waals surface area (Å²) >= 11 is 0. The van der Waals surface area contributed by atoms with Crippen molar-refractivity contribution >= 4 is 5.91 Å². The number of carbonyl (C=O) groups excluding carboxylic acids is 1. The molecule has 1 amide bonds. The zero-order chi connectivity index (χ0) is 13.5. The number of nitrogens with one attached hydrogen (secondary N) is 1. The molecule has 20 heavy (non-hydrogen) atoms. The summed E-state index contributed by atoms with van der Waals surface area (Å²) in [6.07, 6.45) is 0.819. The fourth-order valence-corrected chi connectivity index (χ4v) is 3.78. The van der Waals surface area contributed by atoms with Crippen LogP contribution in [-0.4, -0.2) is 43.6 Å². The van der Waals surface area contributed by atoms with Gasteiger partial charge in [-0.1, -0.05) is 18.2 Å². The molecular weight excluding hydrogens is 252 g/mol. The van der Waals surface area contributed by atoms with Crippen LogP contribution >= 0.6 is 0 Å². The molecule has 0 radical (unpaired) electrons. The number of fused-ring (bicyclic) bond motifs is 2. The highest BCUT2D eigenvalue weighted by Crippen LogP contribution is 2.31. The van der Waals surface area contributed by atoms with Crippen LogP contribution in [0.15, 0.2) is 24.3 Å². The largest absolute Gasteiger partial charge is 0.492 e. The van der Waals surface area contributed by atoms with Crippen LogP contribution in [0.3, 0.4) is 0 Å². The highest BCUT2D eigenvalue weighted by molar-refractivity contribution is 5.80. The van der Waals surface area contributed by atoms with E-state index in [0.29, 0.717) is 18.4 Å². The molecular formula is C16H20N2O2. The van der Waals surface area contributed by atoms with Crippen LogP contribution in [0.4, 0.5) is 0 Å². The van der Waals surface area contributed by atoms with Gasteiger partial charge in [0.1, 0.15) is 12.4 Å². The van der Waals surface area contributed by atoms with Crippen LogP contribution in [0.25, 0.3) is 0 Å². The molecule has 3 heterocycles. The van der Waals surface area contributed by atoms with Gasteiger partial charge in [-0.15, -0.1) is 0 Å². The first-order valence-electron chi connectivity index (χ1n) is 7.51. The maximum Gasteiger partial charge on any atom is 0.229 e. The SMILES string of the molecule is O=C(C1COc2ccccc2C1)N1C[C@H]2CNC[C@H]2C1. The maximum atomic E-state index is 12.7. The maximum absolute atomic E-state index is 12.7. The Bertz CT molecular complexity index is 519. The molecule has 0 saturated carbocycles.